The first-order valence-corrected chi connectivity index (χ1v) is 9.73. The molecule has 4 nitrogen and oxygen atoms in total. The van der Waals surface area contributed by atoms with E-state index < -0.39 is 7.12 Å². The molecule has 0 spiro atoms. The molecule has 0 aliphatic carbocycles. The molecule has 0 amide bonds. The lowest BCUT2D eigenvalue weighted by molar-refractivity contribution is 0.00578. The zero-order chi connectivity index (χ0) is 19.5. The summed E-state index contributed by atoms with van der Waals surface area (Å²) in [6, 6.07) is 12.0. The van der Waals surface area contributed by atoms with Gasteiger partial charge in [-0.2, -0.15) is 12.6 Å². The van der Waals surface area contributed by atoms with Crippen molar-refractivity contribution in [3.05, 3.63) is 65.4 Å². The van der Waals surface area contributed by atoms with Gasteiger partial charge in [0, 0.05) is 11.9 Å². The maximum Gasteiger partial charge on any atom is 0.491 e. The number of thiol groups is 1. The minimum atomic E-state index is -0.415. The largest absolute Gasteiger partial charge is 0.491 e. The molecule has 1 aliphatic heterocycles. The second-order valence-electron chi connectivity index (χ2n) is 7.69. The van der Waals surface area contributed by atoms with Crippen molar-refractivity contribution in [2.45, 2.75) is 45.5 Å². The van der Waals surface area contributed by atoms with Crippen molar-refractivity contribution in [3.8, 4) is 5.75 Å². The highest BCUT2D eigenvalue weighted by Gasteiger charge is 2.52. The summed E-state index contributed by atoms with van der Waals surface area (Å²) in [6.07, 6.45) is 5.52. The molecule has 0 bridgehead atoms. The van der Waals surface area contributed by atoms with Gasteiger partial charge in [0.15, 0.2) is 0 Å². The van der Waals surface area contributed by atoms with E-state index in [1.165, 1.54) is 0 Å². The molecule has 142 valence electrons. The fraction of sp³-hybridized carbons (Fsp3) is 0.381. The van der Waals surface area contributed by atoms with Gasteiger partial charge in [0.1, 0.15) is 12.4 Å². The Labute approximate surface area is 167 Å². The number of hydrogen-bond acceptors (Lipinski definition) is 5. The number of aromatic nitrogens is 1. The van der Waals surface area contributed by atoms with Crippen LogP contribution in [0, 0.1) is 0 Å². The lowest BCUT2D eigenvalue weighted by Gasteiger charge is -2.32. The third-order valence-electron chi connectivity index (χ3n) is 5.07. The van der Waals surface area contributed by atoms with Crippen LogP contribution in [0.3, 0.4) is 0 Å². The van der Waals surface area contributed by atoms with E-state index in [4.69, 9.17) is 14.0 Å². The summed E-state index contributed by atoms with van der Waals surface area (Å²) in [4.78, 5) is 4.29. The summed E-state index contributed by atoms with van der Waals surface area (Å²) in [7, 11) is -0.415. The quantitative estimate of drug-likeness (QED) is 0.585. The average molecular weight is 383 g/mol. The van der Waals surface area contributed by atoms with Crippen LogP contribution in [0.1, 0.15) is 38.8 Å². The van der Waals surface area contributed by atoms with Crippen molar-refractivity contribution in [3.63, 3.8) is 0 Å². The maximum atomic E-state index is 6.13. The van der Waals surface area contributed by atoms with Gasteiger partial charge in [-0.25, -0.2) is 0 Å². The minimum absolute atomic E-state index is 0.376. The number of nitrogens with zero attached hydrogens (tertiary/aromatic N) is 1. The standard InChI is InChI=1S/C21H26BNO3S/c1-20(2)21(3,4)26-22(25-20)18(15-27)10-17-11-19(13-23-12-17)24-14-16-8-6-5-7-9-16/h5-13,27H,14-15H2,1-4H3. The first kappa shape index (κ1) is 20.0. The highest BCUT2D eigenvalue weighted by Crippen LogP contribution is 2.39. The molecule has 1 aromatic carbocycles. The molecule has 2 heterocycles. The van der Waals surface area contributed by atoms with Gasteiger partial charge in [-0.1, -0.05) is 36.4 Å². The molecule has 6 heteroatoms. The lowest BCUT2D eigenvalue weighted by atomic mass is 9.78. The van der Waals surface area contributed by atoms with Gasteiger partial charge in [-0.15, -0.1) is 0 Å². The van der Waals surface area contributed by atoms with Crippen molar-refractivity contribution in [2.75, 3.05) is 5.75 Å². The van der Waals surface area contributed by atoms with Crippen molar-refractivity contribution >= 4 is 25.8 Å². The molecule has 1 fully saturated rings. The second kappa shape index (κ2) is 8.09. The highest BCUT2D eigenvalue weighted by atomic mass is 32.1. The summed E-state index contributed by atoms with van der Waals surface area (Å²) in [6.45, 7) is 8.68. The SMILES string of the molecule is CC1(C)OB(C(=Cc2cncc(OCc3ccccc3)c2)CS)OC1(C)C. The molecule has 3 rings (SSSR count). The van der Waals surface area contributed by atoms with E-state index in [-0.39, 0.29) is 11.2 Å². The zero-order valence-corrected chi connectivity index (χ0v) is 17.2. The predicted octanol–water partition coefficient (Wildman–Crippen LogP) is 4.61. The zero-order valence-electron chi connectivity index (χ0n) is 16.3. The van der Waals surface area contributed by atoms with Gasteiger partial charge in [-0.3, -0.25) is 4.98 Å². The summed E-state index contributed by atoms with van der Waals surface area (Å²) in [5, 5.41) is 0. The van der Waals surface area contributed by atoms with Crippen molar-refractivity contribution in [1.82, 2.24) is 4.98 Å². The Morgan fingerprint density at radius 3 is 2.41 bits per heavy atom. The smallest absolute Gasteiger partial charge is 0.487 e. The Balaban J connectivity index is 1.73. The fourth-order valence-electron chi connectivity index (χ4n) is 2.73. The molecule has 0 atom stereocenters. The topological polar surface area (TPSA) is 40.6 Å². The van der Waals surface area contributed by atoms with E-state index in [9.17, 15) is 0 Å². The Hall–Kier alpha value is -1.76. The molecule has 0 unspecified atom stereocenters. The van der Waals surface area contributed by atoms with Crippen molar-refractivity contribution < 1.29 is 14.0 Å². The summed E-state index contributed by atoms with van der Waals surface area (Å²) in [5.41, 5.74) is 2.25. The number of rotatable bonds is 6. The van der Waals surface area contributed by atoms with Crippen LogP contribution in [-0.2, 0) is 15.9 Å². The molecule has 1 aromatic heterocycles. The Morgan fingerprint density at radius 1 is 1.11 bits per heavy atom. The Bertz CT molecular complexity index is 792. The van der Waals surface area contributed by atoms with Crippen LogP contribution in [0.25, 0.3) is 6.08 Å². The lowest BCUT2D eigenvalue weighted by Crippen LogP contribution is -2.41. The van der Waals surface area contributed by atoms with Gasteiger partial charge in [0.2, 0.25) is 0 Å². The number of ether oxygens (including phenoxy) is 1. The van der Waals surface area contributed by atoms with E-state index in [0.29, 0.717) is 12.4 Å². The average Bonchev–Trinajstić information content (AvgIpc) is 2.86. The molecule has 1 saturated heterocycles. The van der Waals surface area contributed by atoms with Crippen LogP contribution in [0.15, 0.2) is 54.3 Å². The first-order valence-electron chi connectivity index (χ1n) is 9.09. The van der Waals surface area contributed by atoms with Crippen molar-refractivity contribution in [1.29, 1.82) is 0 Å². The van der Waals surface area contributed by atoms with Crippen LogP contribution < -0.4 is 4.74 Å². The van der Waals surface area contributed by atoms with Crippen LogP contribution in [0.5, 0.6) is 5.75 Å². The highest BCUT2D eigenvalue weighted by molar-refractivity contribution is 7.80. The van der Waals surface area contributed by atoms with Crippen LogP contribution >= 0.6 is 12.6 Å². The van der Waals surface area contributed by atoms with Gasteiger partial charge in [0.25, 0.3) is 0 Å². The predicted molar refractivity (Wildman–Crippen MR) is 113 cm³/mol. The third kappa shape index (κ3) is 4.75. The Kier molecular flexibility index (Phi) is 5.99. The number of pyridine rings is 1. The molecule has 0 N–H and O–H groups in total. The number of hydrogen-bond donors (Lipinski definition) is 1. The van der Waals surface area contributed by atoms with Crippen LogP contribution in [0.4, 0.5) is 0 Å². The van der Waals surface area contributed by atoms with Crippen molar-refractivity contribution in [2.24, 2.45) is 0 Å². The van der Waals surface area contributed by atoms with E-state index in [1.807, 2.05) is 70.2 Å². The molecule has 0 radical (unpaired) electrons. The van der Waals surface area contributed by atoms with Gasteiger partial charge in [0.05, 0.1) is 17.4 Å². The summed E-state index contributed by atoms with van der Waals surface area (Å²) < 4.78 is 18.1. The molecule has 27 heavy (non-hydrogen) atoms. The molecule has 0 saturated carbocycles. The van der Waals surface area contributed by atoms with Crippen LogP contribution in [-0.4, -0.2) is 29.1 Å². The summed E-state index contributed by atoms with van der Waals surface area (Å²) >= 11 is 4.47. The van der Waals surface area contributed by atoms with Gasteiger partial charge >= 0.3 is 7.12 Å². The normalized spacial score (nSPS) is 18.6. The van der Waals surface area contributed by atoms with E-state index in [2.05, 4.69) is 17.6 Å². The minimum Gasteiger partial charge on any atom is -0.487 e. The number of benzene rings is 1. The summed E-state index contributed by atoms with van der Waals surface area (Å²) in [5.74, 6) is 1.26. The maximum absolute atomic E-state index is 6.13. The van der Waals surface area contributed by atoms with Gasteiger partial charge < -0.3 is 14.0 Å². The molecule has 2 aromatic rings. The van der Waals surface area contributed by atoms with E-state index in [1.54, 1.807) is 12.4 Å². The first-order chi connectivity index (χ1) is 12.8. The Morgan fingerprint density at radius 2 is 1.78 bits per heavy atom. The van der Waals surface area contributed by atoms with E-state index >= 15 is 0 Å². The second-order valence-corrected chi connectivity index (χ2v) is 8.01. The van der Waals surface area contributed by atoms with E-state index in [0.717, 1.165) is 22.3 Å². The third-order valence-corrected chi connectivity index (χ3v) is 5.44. The van der Waals surface area contributed by atoms with Crippen LogP contribution in [0.2, 0.25) is 0 Å². The molecular formula is C21H26BNO3S. The fourth-order valence-corrected chi connectivity index (χ4v) is 2.97. The van der Waals surface area contributed by atoms with Gasteiger partial charge in [-0.05, 0) is 50.4 Å². The monoisotopic (exact) mass is 383 g/mol. The molecule has 1 aliphatic rings. The molecular weight excluding hydrogens is 357 g/mol.